The van der Waals surface area contributed by atoms with Crippen LogP contribution in [-0.2, 0) is 15.6 Å². The fourth-order valence-corrected chi connectivity index (χ4v) is 4.95. The fourth-order valence-electron chi connectivity index (χ4n) is 3.21. The summed E-state index contributed by atoms with van der Waals surface area (Å²) in [6, 6.07) is 17.3. The predicted octanol–water partition coefficient (Wildman–Crippen LogP) is 2.78. The number of hydrogen-bond donors (Lipinski definition) is 0. The average Bonchev–Trinajstić information content (AvgIpc) is 2.68. The third kappa shape index (κ3) is 6.36. The van der Waals surface area contributed by atoms with Crippen molar-refractivity contribution >= 4 is 27.5 Å². The Morgan fingerprint density at radius 3 is 2.21 bits per heavy atom. The summed E-state index contributed by atoms with van der Waals surface area (Å²) in [5.41, 5.74) is 1.32. The highest BCUT2D eigenvalue weighted by atomic mass is 32.2. The molecule has 1 heterocycles. The molecule has 0 spiro atoms. The van der Waals surface area contributed by atoms with E-state index in [9.17, 15) is 13.2 Å². The van der Waals surface area contributed by atoms with E-state index in [-0.39, 0.29) is 11.7 Å². The smallest absolute Gasteiger partial charge is 0.253 e. The summed E-state index contributed by atoms with van der Waals surface area (Å²) in [7, 11) is -3.07. The molecule has 2 aromatic rings. The van der Waals surface area contributed by atoms with Gasteiger partial charge >= 0.3 is 0 Å². The molecular weight excluding hydrogens is 392 g/mol. The van der Waals surface area contributed by atoms with Crippen molar-refractivity contribution in [3.8, 4) is 0 Å². The van der Waals surface area contributed by atoms with E-state index in [0.29, 0.717) is 11.1 Å². The predicted molar refractivity (Wildman–Crippen MR) is 114 cm³/mol. The van der Waals surface area contributed by atoms with Crippen molar-refractivity contribution in [3.63, 3.8) is 0 Å². The van der Waals surface area contributed by atoms with Crippen LogP contribution in [0.5, 0.6) is 0 Å². The highest BCUT2D eigenvalue weighted by Gasteiger charge is 2.22. The number of benzene rings is 2. The van der Waals surface area contributed by atoms with Crippen LogP contribution in [0.25, 0.3) is 0 Å². The lowest BCUT2D eigenvalue weighted by Crippen LogP contribution is -2.49. The highest BCUT2D eigenvalue weighted by Crippen LogP contribution is 2.17. The Bertz CT molecular complexity index is 876. The first kappa shape index (κ1) is 20.9. The van der Waals surface area contributed by atoms with E-state index in [1.54, 1.807) is 24.3 Å². The monoisotopic (exact) mass is 418 g/mol. The van der Waals surface area contributed by atoms with Gasteiger partial charge in [-0.15, -0.1) is 11.8 Å². The molecular formula is C21H26N2O3S2. The Morgan fingerprint density at radius 1 is 0.964 bits per heavy atom. The second-order valence-electron chi connectivity index (χ2n) is 7.06. The Hall–Kier alpha value is -1.83. The van der Waals surface area contributed by atoms with Crippen molar-refractivity contribution in [2.45, 2.75) is 10.6 Å². The molecule has 1 aliphatic rings. The van der Waals surface area contributed by atoms with Crippen LogP contribution in [0.3, 0.4) is 0 Å². The number of hydrogen-bond acceptors (Lipinski definition) is 5. The maximum absolute atomic E-state index is 12.7. The van der Waals surface area contributed by atoms with Crippen LogP contribution in [0.15, 0.2) is 59.5 Å². The summed E-state index contributed by atoms with van der Waals surface area (Å²) in [6.45, 7) is 4.22. The minimum absolute atomic E-state index is 0.00113. The Kier molecular flexibility index (Phi) is 7.15. The summed E-state index contributed by atoms with van der Waals surface area (Å²) >= 11 is 1.86. The SMILES string of the molecule is CS(=O)(=O)Cc1ccc(C(=O)N2CCN(CCSc3ccccc3)CC2)cc1. The lowest BCUT2D eigenvalue weighted by atomic mass is 10.1. The largest absolute Gasteiger partial charge is 0.336 e. The lowest BCUT2D eigenvalue weighted by molar-refractivity contribution is 0.0644. The van der Waals surface area contributed by atoms with Gasteiger partial charge in [0, 0.05) is 55.2 Å². The summed E-state index contributed by atoms with van der Waals surface area (Å²) in [6.07, 6.45) is 1.21. The summed E-state index contributed by atoms with van der Waals surface area (Å²) in [5.74, 6) is 1.06. The van der Waals surface area contributed by atoms with Crippen LogP contribution in [0.1, 0.15) is 15.9 Å². The second-order valence-corrected chi connectivity index (χ2v) is 10.4. The molecule has 7 heteroatoms. The van der Waals surface area contributed by atoms with Crippen molar-refractivity contribution in [1.29, 1.82) is 0 Å². The minimum Gasteiger partial charge on any atom is -0.336 e. The van der Waals surface area contributed by atoms with Crippen LogP contribution in [-0.4, -0.2) is 68.9 Å². The van der Waals surface area contributed by atoms with Crippen LogP contribution in [0.4, 0.5) is 0 Å². The van der Waals surface area contributed by atoms with E-state index in [2.05, 4.69) is 29.2 Å². The molecule has 1 fully saturated rings. The van der Waals surface area contributed by atoms with Gasteiger partial charge in [-0.25, -0.2) is 8.42 Å². The zero-order valence-electron chi connectivity index (χ0n) is 16.1. The van der Waals surface area contributed by atoms with Gasteiger partial charge in [0.15, 0.2) is 9.84 Å². The molecule has 0 radical (unpaired) electrons. The van der Waals surface area contributed by atoms with Crippen LogP contribution in [0.2, 0.25) is 0 Å². The first-order valence-electron chi connectivity index (χ1n) is 9.37. The zero-order chi connectivity index (χ0) is 20.0. The van der Waals surface area contributed by atoms with Crippen molar-refractivity contribution in [3.05, 3.63) is 65.7 Å². The van der Waals surface area contributed by atoms with E-state index in [4.69, 9.17) is 0 Å². The van der Waals surface area contributed by atoms with E-state index < -0.39 is 9.84 Å². The van der Waals surface area contributed by atoms with Gasteiger partial charge in [-0.2, -0.15) is 0 Å². The van der Waals surface area contributed by atoms with Gasteiger partial charge in [0.2, 0.25) is 0 Å². The molecule has 0 aromatic heterocycles. The van der Waals surface area contributed by atoms with E-state index in [0.717, 1.165) is 38.5 Å². The van der Waals surface area contributed by atoms with Crippen molar-refractivity contribution in [2.24, 2.45) is 0 Å². The highest BCUT2D eigenvalue weighted by molar-refractivity contribution is 7.99. The van der Waals surface area contributed by atoms with Gasteiger partial charge in [0.25, 0.3) is 5.91 Å². The number of sulfone groups is 1. The third-order valence-electron chi connectivity index (χ3n) is 4.71. The fraction of sp³-hybridized carbons (Fsp3) is 0.381. The quantitative estimate of drug-likeness (QED) is 0.647. The van der Waals surface area contributed by atoms with Gasteiger partial charge in [-0.1, -0.05) is 30.3 Å². The molecule has 5 nitrogen and oxygen atoms in total. The van der Waals surface area contributed by atoms with Gasteiger partial charge in [-0.05, 0) is 29.8 Å². The first-order chi connectivity index (χ1) is 13.4. The van der Waals surface area contributed by atoms with Crippen LogP contribution in [0, 0.1) is 0 Å². The number of nitrogens with zero attached hydrogens (tertiary/aromatic N) is 2. The first-order valence-corrected chi connectivity index (χ1v) is 12.4. The maximum atomic E-state index is 12.7. The molecule has 0 atom stereocenters. The second kappa shape index (κ2) is 9.58. The third-order valence-corrected chi connectivity index (χ3v) is 6.56. The number of carbonyl (C=O) groups is 1. The van der Waals surface area contributed by atoms with Crippen LogP contribution >= 0.6 is 11.8 Å². The normalized spacial score (nSPS) is 15.5. The van der Waals surface area contributed by atoms with Gasteiger partial charge in [0.1, 0.15) is 0 Å². The molecule has 3 rings (SSSR count). The Labute approximate surface area is 171 Å². The summed E-state index contributed by atoms with van der Waals surface area (Å²) < 4.78 is 22.7. The van der Waals surface area contributed by atoms with E-state index in [1.165, 1.54) is 11.2 Å². The molecule has 1 amide bonds. The van der Waals surface area contributed by atoms with Crippen molar-refractivity contribution in [1.82, 2.24) is 9.80 Å². The number of thioether (sulfide) groups is 1. The number of rotatable bonds is 7. The van der Waals surface area contributed by atoms with Crippen LogP contribution < -0.4 is 0 Å². The van der Waals surface area contributed by atoms with E-state index >= 15 is 0 Å². The van der Waals surface area contributed by atoms with Gasteiger partial charge < -0.3 is 4.90 Å². The molecule has 0 aliphatic carbocycles. The molecule has 0 unspecified atom stereocenters. The minimum atomic E-state index is -3.07. The Balaban J connectivity index is 1.44. The lowest BCUT2D eigenvalue weighted by Gasteiger charge is -2.34. The van der Waals surface area contributed by atoms with Crippen molar-refractivity contribution < 1.29 is 13.2 Å². The topological polar surface area (TPSA) is 57.7 Å². The standard InChI is InChI=1S/C21H26N2O3S2/c1-28(25,26)17-18-7-9-19(10-8-18)21(24)23-13-11-22(12-14-23)15-16-27-20-5-3-2-4-6-20/h2-10H,11-17H2,1H3. The summed E-state index contributed by atoms with van der Waals surface area (Å²) in [5, 5.41) is 0. The van der Waals surface area contributed by atoms with Gasteiger partial charge in [-0.3, -0.25) is 9.69 Å². The molecule has 0 N–H and O–H groups in total. The average molecular weight is 419 g/mol. The molecule has 0 saturated carbocycles. The number of carbonyl (C=O) groups excluding carboxylic acids is 1. The van der Waals surface area contributed by atoms with Gasteiger partial charge in [0.05, 0.1) is 5.75 Å². The van der Waals surface area contributed by atoms with E-state index in [1.807, 2.05) is 22.7 Å². The molecule has 1 saturated heterocycles. The number of amides is 1. The van der Waals surface area contributed by atoms with Crippen molar-refractivity contribution in [2.75, 3.05) is 44.7 Å². The maximum Gasteiger partial charge on any atom is 0.253 e. The molecule has 2 aromatic carbocycles. The molecule has 1 aliphatic heterocycles. The molecule has 28 heavy (non-hydrogen) atoms. The summed E-state index contributed by atoms with van der Waals surface area (Å²) in [4.78, 5) is 18.3. The number of piperazine rings is 1. The Morgan fingerprint density at radius 2 is 1.61 bits per heavy atom. The molecule has 0 bridgehead atoms. The molecule has 150 valence electrons. The zero-order valence-corrected chi connectivity index (χ0v) is 17.7.